The molecule has 0 unspecified atom stereocenters. The molecule has 0 radical (unpaired) electrons. The van der Waals surface area contributed by atoms with E-state index >= 15 is 0 Å². The van der Waals surface area contributed by atoms with Gasteiger partial charge in [-0.2, -0.15) is 0 Å². The van der Waals surface area contributed by atoms with Crippen molar-refractivity contribution in [2.24, 2.45) is 0 Å². The number of carbonyl (C=O) groups excluding carboxylic acids is 2. The van der Waals surface area contributed by atoms with Gasteiger partial charge in [-0.3, -0.25) is 19.9 Å². The number of hydrazine groups is 1. The molecule has 3 heterocycles. The predicted molar refractivity (Wildman–Crippen MR) is 98.4 cm³/mol. The Balaban J connectivity index is 1.45. The van der Waals surface area contributed by atoms with Crippen LogP contribution in [0.4, 0.5) is 0 Å². The highest BCUT2D eigenvalue weighted by Crippen LogP contribution is 2.32. The molecule has 1 N–H and O–H groups in total. The van der Waals surface area contributed by atoms with Crippen LogP contribution in [0.1, 0.15) is 18.6 Å². The molecule has 3 rings (SSSR count). The average molecular weight is 381 g/mol. The fraction of sp³-hybridized carbons (Fsp3) is 0.438. The Kier molecular flexibility index (Phi) is 6.24. The molecular formula is C16H19N3O4S2. The standard InChI is InChI=1S/C16H19N3O4S2/c20-14(17-18-6-9-22-10-7-18)4-1-5-19-15(21)13(25-16(19)24)11-12-3-2-8-23-12/h2-3,8,11H,1,4-7,9-10H2,(H,17,20)/b13-11+. The topological polar surface area (TPSA) is 75.0 Å². The van der Waals surface area contributed by atoms with Crippen molar-refractivity contribution >= 4 is 46.2 Å². The van der Waals surface area contributed by atoms with Gasteiger partial charge in [0.05, 0.1) is 24.4 Å². The number of furan rings is 1. The third-order valence-electron chi connectivity index (χ3n) is 3.77. The van der Waals surface area contributed by atoms with E-state index in [1.165, 1.54) is 16.7 Å². The minimum absolute atomic E-state index is 0.0570. The molecule has 0 bridgehead atoms. The number of thiocarbonyl (C=S) groups is 1. The van der Waals surface area contributed by atoms with Crippen molar-refractivity contribution in [2.45, 2.75) is 12.8 Å². The smallest absolute Gasteiger partial charge is 0.266 e. The fourth-order valence-corrected chi connectivity index (χ4v) is 3.79. The minimum Gasteiger partial charge on any atom is -0.465 e. The van der Waals surface area contributed by atoms with Crippen LogP contribution in [0.15, 0.2) is 27.7 Å². The lowest BCUT2D eigenvalue weighted by atomic mass is 10.2. The quantitative estimate of drug-likeness (QED) is 0.593. The maximum absolute atomic E-state index is 12.4. The highest BCUT2D eigenvalue weighted by molar-refractivity contribution is 8.26. The number of nitrogens with zero attached hydrogens (tertiary/aromatic N) is 2. The molecule has 1 aromatic rings. The van der Waals surface area contributed by atoms with Crippen molar-refractivity contribution in [1.29, 1.82) is 0 Å². The second-order valence-electron chi connectivity index (χ2n) is 5.59. The summed E-state index contributed by atoms with van der Waals surface area (Å²) in [5.41, 5.74) is 2.85. The van der Waals surface area contributed by atoms with Crippen LogP contribution < -0.4 is 5.43 Å². The monoisotopic (exact) mass is 381 g/mol. The second-order valence-corrected chi connectivity index (χ2v) is 7.26. The number of nitrogens with one attached hydrogen (secondary N) is 1. The van der Waals surface area contributed by atoms with Gasteiger partial charge >= 0.3 is 0 Å². The van der Waals surface area contributed by atoms with Gasteiger partial charge in [0.15, 0.2) is 0 Å². The molecule has 2 aliphatic heterocycles. The number of carbonyl (C=O) groups is 2. The number of amides is 2. The van der Waals surface area contributed by atoms with Crippen LogP contribution in [0, 0.1) is 0 Å². The molecule has 0 atom stereocenters. The fourth-order valence-electron chi connectivity index (χ4n) is 2.50. The third kappa shape index (κ3) is 4.91. The normalized spacial score (nSPS) is 20.5. The van der Waals surface area contributed by atoms with Crippen molar-refractivity contribution in [1.82, 2.24) is 15.3 Å². The van der Waals surface area contributed by atoms with Gasteiger partial charge in [0, 0.05) is 32.1 Å². The summed E-state index contributed by atoms with van der Waals surface area (Å²) in [4.78, 5) is 26.5. The minimum atomic E-state index is -0.139. The van der Waals surface area contributed by atoms with E-state index in [-0.39, 0.29) is 11.8 Å². The summed E-state index contributed by atoms with van der Waals surface area (Å²) in [5.74, 6) is 0.420. The summed E-state index contributed by atoms with van der Waals surface area (Å²) in [5, 5.41) is 1.86. The zero-order chi connectivity index (χ0) is 17.6. The molecule has 2 fully saturated rings. The van der Waals surface area contributed by atoms with E-state index in [1.807, 2.05) is 5.01 Å². The van der Waals surface area contributed by atoms with E-state index in [9.17, 15) is 9.59 Å². The number of hydrogen-bond donors (Lipinski definition) is 1. The van der Waals surface area contributed by atoms with Gasteiger partial charge in [0.25, 0.3) is 5.91 Å². The molecule has 0 saturated carbocycles. The summed E-state index contributed by atoms with van der Waals surface area (Å²) < 4.78 is 11.0. The zero-order valence-corrected chi connectivity index (χ0v) is 15.2. The van der Waals surface area contributed by atoms with Gasteiger partial charge in [0.2, 0.25) is 5.91 Å². The number of morpholine rings is 1. The van der Waals surface area contributed by atoms with Gasteiger partial charge in [-0.15, -0.1) is 0 Å². The van der Waals surface area contributed by atoms with E-state index in [4.69, 9.17) is 21.4 Å². The van der Waals surface area contributed by atoms with E-state index < -0.39 is 0 Å². The molecule has 2 aliphatic rings. The van der Waals surface area contributed by atoms with Crippen LogP contribution in [0.25, 0.3) is 6.08 Å². The largest absolute Gasteiger partial charge is 0.465 e. The first-order valence-corrected chi connectivity index (χ1v) is 9.27. The predicted octanol–water partition coefficient (Wildman–Crippen LogP) is 1.62. The number of hydrogen-bond acceptors (Lipinski definition) is 7. The van der Waals surface area contributed by atoms with Crippen LogP contribution in [0.2, 0.25) is 0 Å². The van der Waals surface area contributed by atoms with E-state index in [1.54, 1.807) is 24.5 Å². The van der Waals surface area contributed by atoms with E-state index in [2.05, 4.69) is 5.43 Å². The average Bonchev–Trinajstić information content (AvgIpc) is 3.19. The molecular weight excluding hydrogens is 362 g/mol. The summed E-state index contributed by atoms with van der Waals surface area (Å²) in [7, 11) is 0. The first kappa shape index (κ1) is 18.1. The molecule has 1 aromatic heterocycles. The Morgan fingerprint density at radius 1 is 1.40 bits per heavy atom. The number of rotatable bonds is 6. The summed E-state index contributed by atoms with van der Waals surface area (Å²) in [6.45, 7) is 3.06. The Hall–Kier alpha value is -1.68. The van der Waals surface area contributed by atoms with Gasteiger partial charge in [0.1, 0.15) is 10.1 Å². The highest BCUT2D eigenvalue weighted by Gasteiger charge is 2.31. The lowest BCUT2D eigenvalue weighted by Gasteiger charge is -2.27. The van der Waals surface area contributed by atoms with Crippen LogP contribution in [-0.4, -0.2) is 58.9 Å². The third-order valence-corrected chi connectivity index (χ3v) is 5.15. The van der Waals surface area contributed by atoms with Crippen LogP contribution in [-0.2, 0) is 14.3 Å². The Bertz CT molecular complexity index is 669. The van der Waals surface area contributed by atoms with E-state index in [0.717, 1.165) is 0 Å². The number of ether oxygens (including phenoxy) is 1. The molecule has 7 nitrogen and oxygen atoms in total. The van der Waals surface area contributed by atoms with Crippen molar-refractivity contribution in [3.05, 3.63) is 29.1 Å². The molecule has 134 valence electrons. The van der Waals surface area contributed by atoms with Crippen LogP contribution in [0.3, 0.4) is 0 Å². The van der Waals surface area contributed by atoms with Crippen molar-refractivity contribution in [2.75, 3.05) is 32.8 Å². The molecule has 0 aromatic carbocycles. The highest BCUT2D eigenvalue weighted by atomic mass is 32.2. The van der Waals surface area contributed by atoms with Crippen molar-refractivity contribution in [3.8, 4) is 0 Å². The van der Waals surface area contributed by atoms with Gasteiger partial charge in [-0.05, 0) is 18.6 Å². The Morgan fingerprint density at radius 2 is 2.20 bits per heavy atom. The number of thioether (sulfide) groups is 1. The molecule has 25 heavy (non-hydrogen) atoms. The van der Waals surface area contributed by atoms with E-state index in [0.29, 0.717) is 60.7 Å². The maximum atomic E-state index is 12.4. The zero-order valence-electron chi connectivity index (χ0n) is 13.6. The lowest BCUT2D eigenvalue weighted by molar-refractivity contribution is -0.128. The summed E-state index contributed by atoms with van der Waals surface area (Å²) in [6, 6.07) is 3.54. The molecule has 9 heteroatoms. The molecule has 2 saturated heterocycles. The van der Waals surface area contributed by atoms with Gasteiger partial charge in [-0.1, -0.05) is 24.0 Å². The molecule has 0 aliphatic carbocycles. The van der Waals surface area contributed by atoms with Crippen molar-refractivity contribution < 1.29 is 18.7 Å². The van der Waals surface area contributed by atoms with Crippen LogP contribution >= 0.6 is 24.0 Å². The first-order chi connectivity index (χ1) is 12.1. The summed E-state index contributed by atoms with van der Waals surface area (Å²) in [6.07, 6.45) is 4.13. The Morgan fingerprint density at radius 3 is 2.92 bits per heavy atom. The maximum Gasteiger partial charge on any atom is 0.266 e. The van der Waals surface area contributed by atoms with Gasteiger partial charge < -0.3 is 9.15 Å². The van der Waals surface area contributed by atoms with Gasteiger partial charge in [-0.25, -0.2) is 5.01 Å². The lowest BCUT2D eigenvalue weighted by Crippen LogP contribution is -2.48. The Labute approximate surface area is 155 Å². The molecule has 2 amide bonds. The summed E-state index contributed by atoms with van der Waals surface area (Å²) >= 11 is 6.53. The SMILES string of the molecule is O=C(CCCN1C(=O)/C(=C\c2ccco2)SC1=S)NN1CCOCC1. The first-order valence-electron chi connectivity index (χ1n) is 8.04. The second kappa shape index (κ2) is 8.61. The molecule has 0 spiro atoms. The van der Waals surface area contributed by atoms with Crippen molar-refractivity contribution in [3.63, 3.8) is 0 Å². The van der Waals surface area contributed by atoms with Crippen LogP contribution in [0.5, 0.6) is 0 Å².